The Labute approximate surface area is 671 Å². The van der Waals surface area contributed by atoms with Crippen LogP contribution >= 0.6 is 79.6 Å². The number of benzene rings is 11. The highest BCUT2D eigenvalue weighted by Crippen LogP contribution is 2.57. The van der Waals surface area contributed by atoms with Crippen molar-refractivity contribution < 1.29 is 80.0 Å². The van der Waals surface area contributed by atoms with E-state index in [-0.39, 0.29) is 81.7 Å². The van der Waals surface area contributed by atoms with Crippen LogP contribution in [0.1, 0.15) is 82.5 Å². The number of halogens is 11. The molecule has 0 atom stereocenters. The Bertz CT molecular complexity index is 5200. The molecule has 0 saturated carbocycles. The molecule has 0 aromatic heterocycles. The van der Waals surface area contributed by atoms with E-state index in [9.17, 15) is 51.6 Å². The standard InChI is InChI=1S/C29H26Br2O4S.C29H22F6O4S.C20H15Br3O4S.4CH4/c1-19-5-11-23(12-6-19)36(32,33)24-13-9-22(10-14-24)35-28-16-8-21(18-26(28)31)29(2,3)20-7-15-27(34-4)25(30)17-20;1-19-3-15-25(16-4-19)40(36,37)26-17-13-24(14-18-26)39-23-11-7-21(8-12-23)27(28(30,31)32,29(33,34)35)20-5-9-22(38-2)10-6-20;1-12-3-7-14(8-4-12)28(24,25)15-9-5-13(6-10-15)27-20-17(22)11-16(21)19(26-2)18(20)23;;;;/h5-18H,1-4H3;3-18H,1-2H3;3-11H,1-2H3;4*1H4. The lowest BCUT2D eigenvalue weighted by Gasteiger charge is -2.38. The Hall–Kier alpha value is -7.95. The minimum atomic E-state index is -5.74. The quantitative estimate of drug-likeness (QED) is 0.0707. The van der Waals surface area contributed by atoms with Crippen LogP contribution in [-0.2, 0) is 40.3 Å². The lowest BCUT2D eigenvalue weighted by molar-refractivity contribution is -0.288. The predicted octanol–water partition coefficient (Wildman–Crippen LogP) is 26.0. The first-order chi connectivity index (χ1) is 48.9. The molecule has 11 aromatic rings. The Morgan fingerprint density at radius 2 is 0.574 bits per heavy atom. The molecule has 0 N–H and O–H groups in total. The summed E-state index contributed by atoms with van der Waals surface area (Å²) in [5, 5.41) is 0. The number of methoxy groups -OCH3 is 3. The summed E-state index contributed by atoms with van der Waals surface area (Å²) in [6.45, 7) is 9.98. The highest BCUT2D eigenvalue weighted by molar-refractivity contribution is 9.12. The molecule has 26 heteroatoms. The molecular formula is C82H79Br5F6O12S3. The molecule has 0 aliphatic heterocycles. The third-order valence-corrected chi connectivity index (χ3v) is 25.1. The summed E-state index contributed by atoms with van der Waals surface area (Å²) < 4.78 is 200. The molecule has 0 heterocycles. The van der Waals surface area contributed by atoms with Gasteiger partial charge in [0.2, 0.25) is 34.9 Å². The van der Waals surface area contributed by atoms with Crippen molar-refractivity contribution in [1.82, 2.24) is 0 Å². The minimum Gasteiger partial charge on any atom is -0.497 e. The van der Waals surface area contributed by atoms with E-state index in [2.05, 4.69) is 106 Å². The zero-order valence-electron chi connectivity index (χ0n) is 56.3. The minimum absolute atomic E-state index is 0. The molecular weight excluding hydrogens is 1790 g/mol. The molecule has 108 heavy (non-hydrogen) atoms. The van der Waals surface area contributed by atoms with Crippen molar-refractivity contribution in [1.29, 1.82) is 0 Å². The van der Waals surface area contributed by atoms with Crippen LogP contribution in [0.15, 0.2) is 288 Å². The van der Waals surface area contributed by atoms with E-state index in [4.69, 9.17) is 28.4 Å². The first-order valence-electron chi connectivity index (χ1n) is 31.0. The van der Waals surface area contributed by atoms with Crippen LogP contribution in [0.2, 0.25) is 0 Å². The fraction of sp³-hybridized carbons (Fsp3) is 0.195. The summed E-state index contributed by atoms with van der Waals surface area (Å²) >= 11 is 17.6. The summed E-state index contributed by atoms with van der Waals surface area (Å²) in [6, 6.07) is 58.7. The number of alkyl halides is 6. The van der Waals surface area contributed by atoms with Gasteiger partial charge < -0.3 is 28.4 Å². The first-order valence-corrected chi connectivity index (χ1v) is 39.4. The average molecular weight is 1870 g/mol. The highest BCUT2D eigenvalue weighted by Gasteiger charge is 2.72. The van der Waals surface area contributed by atoms with Gasteiger partial charge in [-0.25, -0.2) is 25.3 Å². The van der Waals surface area contributed by atoms with Crippen molar-refractivity contribution in [3.63, 3.8) is 0 Å². The van der Waals surface area contributed by atoms with Crippen LogP contribution in [0.25, 0.3) is 0 Å². The van der Waals surface area contributed by atoms with Gasteiger partial charge in [0.1, 0.15) is 44.7 Å². The second-order valence-electron chi connectivity index (χ2n) is 23.8. The number of hydrogen-bond acceptors (Lipinski definition) is 12. The maximum atomic E-state index is 14.3. The molecule has 574 valence electrons. The predicted molar refractivity (Wildman–Crippen MR) is 432 cm³/mol. The second kappa shape index (κ2) is 37.2. The van der Waals surface area contributed by atoms with Gasteiger partial charge in [0.05, 0.1) is 68.6 Å². The first kappa shape index (κ1) is 90.7. The highest BCUT2D eigenvalue weighted by atomic mass is 79.9. The second-order valence-corrected chi connectivity index (χ2v) is 33.9. The van der Waals surface area contributed by atoms with Crippen LogP contribution < -0.4 is 28.4 Å². The average Bonchev–Trinajstić information content (AvgIpc) is 0.715. The number of sulfone groups is 3. The molecule has 12 nitrogen and oxygen atoms in total. The molecule has 0 fully saturated rings. The molecule has 11 rings (SSSR count). The molecule has 0 radical (unpaired) electrons. The van der Waals surface area contributed by atoms with Crippen LogP contribution in [0.5, 0.6) is 51.7 Å². The van der Waals surface area contributed by atoms with Crippen molar-refractivity contribution in [3.05, 3.63) is 298 Å². The normalized spacial score (nSPS) is 11.6. The lowest BCUT2D eigenvalue weighted by Crippen LogP contribution is -2.54. The van der Waals surface area contributed by atoms with E-state index in [1.165, 1.54) is 55.6 Å². The molecule has 0 aliphatic carbocycles. The Kier molecular flexibility index (Phi) is 31.2. The third kappa shape index (κ3) is 20.2. The maximum Gasteiger partial charge on any atom is 0.411 e. The van der Waals surface area contributed by atoms with Crippen LogP contribution in [0, 0.1) is 20.8 Å². The van der Waals surface area contributed by atoms with Crippen LogP contribution in [0.4, 0.5) is 26.3 Å². The molecule has 11 aromatic carbocycles. The van der Waals surface area contributed by atoms with E-state index in [0.717, 1.165) is 83.4 Å². The van der Waals surface area contributed by atoms with Crippen molar-refractivity contribution in [2.75, 3.05) is 21.3 Å². The summed E-state index contributed by atoms with van der Waals surface area (Å²) in [7, 11) is -6.51. The molecule has 0 saturated heterocycles. The van der Waals surface area contributed by atoms with Crippen LogP contribution in [-0.4, -0.2) is 58.9 Å². The van der Waals surface area contributed by atoms with Gasteiger partial charge in [-0.1, -0.05) is 133 Å². The topological polar surface area (TPSA) is 158 Å². The van der Waals surface area contributed by atoms with Gasteiger partial charge in [0.15, 0.2) is 11.5 Å². The molecule has 0 bridgehead atoms. The lowest BCUT2D eigenvalue weighted by atomic mass is 9.73. The number of ether oxygens (including phenoxy) is 6. The van der Waals surface area contributed by atoms with Gasteiger partial charge in [-0.05, 0) is 286 Å². The molecule has 0 aliphatic rings. The van der Waals surface area contributed by atoms with Gasteiger partial charge in [-0.15, -0.1) is 0 Å². The zero-order valence-corrected chi connectivity index (χ0v) is 66.7. The van der Waals surface area contributed by atoms with E-state index in [1.54, 1.807) is 111 Å². The van der Waals surface area contributed by atoms with Crippen molar-refractivity contribution in [2.24, 2.45) is 0 Å². The smallest absolute Gasteiger partial charge is 0.411 e. The fourth-order valence-electron chi connectivity index (χ4n) is 10.6. The van der Waals surface area contributed by atoms with E-state index in [0.29, 0.717) is 49.8 Å². The summed E-state index contributed by atoms with van der Waals surface area (Å²) in [5.74, 6) is 3.76. The van der Waals surface area contributed by atoms with E-state index >= 15 is 0 Å². The zero-order chi connectivity index (χ0) is 75.9. The van der Waals surface area contributed by atoms with Crippen molar-refractivity contribution in [3.8, 4) is 51.7 Å². The maximum absolute atomic E-state index is 14.3. The van der Waals surface area contributed by atoms with E-state index in [1.807, 2.05) is 51.1 Å². The monoisotopic (exact) mass is 1860 g/mol. The van der Waals surface area contributed by atoms with Gasteiger partial charge in [0.25, 0.3) is 0 Å². The Balaban J connectivity index is 0.000000289. The van der Waals surface area contributed by atoms with Crippen molar-refractivity contribution >= 4 is 109 Å². The van der Waals surface area contributed by atoms with Gasteiger partial charge in [0, 0.05) is 5.41 Å². The number of hydrogen-bond donors (Lipinski definition) is 0. The summed E-state index contributed by atoms with van der Waals surface area (Å²) in [6.07, 6.45) is -11.5. The largest absolute Gasteiger partial charge is 0.497 e. The Morgan fingerprint density at radius 1 is 0.296 bits per heavy atom. The third-order valence-electron chi connectivity index (χ3n) is 16.6. The fourth-order valence-corrected chi connectivity index (χ4v) is 18.0. The van der Waals surface area contributed by atoms with Crippen LogP contribution in [0.3, 0.4) is 0 Å². The Morgan fingerprint density at radius 3 is 0.880 bits per heavy atom. The molecule has 0 spiro atoms. The van der Waals surface area contributed by atoms with Crippen molar-refractivity contribution in [2.45, 2.75) is 117 Å². The van der Waals surface area contributed by atoms with Gasteiger partial charge in [-0.3, -0.25) is 0 Å². The van der Waals surface area contributed by atoms with Gasteiger partial charge >= 0.3 is 12.4 Å². The summed E-state index contributed by atoms with van der Waals surface area (Å²) in [5.41, 5.74) is -1.49. The van der Waals surface area contributed by atoms with E-state index < -0.39 is 58.4 Å². The van der Waals surface area contributed by atoms with Gasteiger partial charge in [-0.2, -0.15) is 26.3 Å². The molecule has 0 amide bonds. The molecule has 0 unspecified atom stereocenters. The number of rotatable bonds is 19. The number of aryl methyl sites for hydroxylation is 3. The summed E-state index contributed by atoms with van der Waals surface area (Å²) in [4.78, 5) is 1.04. The SMILES string of the molecule is C.C.C.C.COc1c(Br)cc(Br)c(Oc2ccc(S(=O)(=O)c3ccc(C)cc3)cc2)c1Br.COc1ccc(C(C)(C)c2ccc(Oc3ccc(S(=O)(=O)c4ccc(C)cc4)cc3)c(Br)c2)cc1Br.COc1ccc(C(c2ccc(Oc3ccc(S(=O)(=O)c4ccc(C)cc4)cc3)cc2)(C(F)(F)F)C(F)(F)F)cc1.